The second-order valence-corrected chi connectivity index (χ2v) is 10.7. The van der Waals surface area contributed by atoms with Gasteiger partial charge in [0.15, 0.2) is 6.29 Å². The number of aromatic nitrogens is 1. The molecule has 4 rings (SSSR count). The Morgan fingerprint density at radius 3 is 2.47 bits per heavy atom. The molecule has 1 aromatic heterocycles. The smallest absolute Gasteiger partial charge is 0.419 e. The Balaban J connectivity index is 1.92. The van der Waals surface area contributed by atoms with Gasteiger partial charge in [0.2, 0.25) is 15.8 Å². The van der Waals surface area contributed by atoms with Gasteiger partial charge in [-0.2, -0.15) is 13.2 Å². The van der Waals surface area contributed by atoms with Crippen LogP contribution in [0.3, 0.4) is 0 Å². The fourth-order valence-electron chi connectivity index (χ4n) is 4.37. The molecule has 36 heavy (non-hydrogen) atoms. The number of anilines is 1. The quantitative estimate of drug-likeness (QED) is 0.338. The molecule has 2 aromatic carbocycles. The molecule has 0 radical (unpaired) electrons. The van der Waals surface area contributed by atoms with Gasteiger partial charge in [-0.3, -0.25) is 9.52 Å². The summed E-state index contributed by atoms with van der Waals surface area (Å²) in [6, 6.07) is 6.78. The van der Waals surface area contributed by atoms with Crippen molar-refractivity contribution in [3.63, 3.8) is 0 Å². The van der Waals surface area contributed by atoms with Crippen molar-refractivity contribution in [2.45, 2.75) is 38.0 Å². The van der Waals surface area contributed by atoms with Crippen LogP contribution >= 0.6 is 0 Å². The molecule has 8 nitrogen and oxygen atoms in total. The standard InChI is InChI=1S/C23H22F4N2O6S/c1-22(2)34-20(30)18(21(31)35-22)17(11-7-8-14(15(24)9-11)23(25,26)27)13-10-28-19-12(13)5-4-6-16(19)29-36(3,32)33/h4-10,17-18,20,28-30H,1-3H3. The summed E-state index contributed by atoms with van der Waals surface area (Å²) in [6.07, 6.45) is -4.34. The number of aromatic amines is 1. The number of benzene rings is 2. The molecule has 0 amide bonds. The number of rotatable bonds is 5. The maximum Gasteiger partial charge on any atom is 0.419 e. The molecular formula is C23H22F4N2O6S. The second kappa shape index (κ2) is 8.75. The summed E-state index contributed by atoms with van der Waals surface area (Å²) < 4.78 is 90.7. The third-order valence-electron chi connectivity index (χ3n) is 5.72. The van der Waals surface area contributed by atoms with Crippen molar-refractivity contribution in [3.8, 4) is 0 Å². The van der Waals surface area contributed by atoms with E-state index in [1.54, 1.807) is 6.07 Å². The number of carbonyl (C=O) groups is 1. The monoisotopic (exact) mass is 530 g/mol. The number of halogens is 4. The van der Waals surface area contributed by atoms with Crippen molar-refractivity contribution >= 4 is 32.6 Å². The van der Waals surface area contributed by atoms with E-state index in [0.29, 0.717) is 23.0 Å². The number of ether oxygens (including phenoxy) is 2. The largest absolute Gasteiger partial charge is 0.433 e. The number of aliphatic hydroxyl groups excluding tert-OH is 1. The number of sulfonamides is 1. The van der Waals surface area contributed by atoms with Crippen molar-refractivity contribution < 1.29 is 45.4 Å². The zero-order chi connectivity index (χ0) is 26.6. The topological polar surface area (TPSA) is 118 Å². The first-order chi connectivity index (χ1) is 16.6. The number of alkyl halides is 3. The molecule has 2 heterocycles. The number of cyclic esters (lactones) is 1. The number of para-hydroxylation sites is 1. The third kappa shape index (κ3) is 5.04. The number of nitrogens with one attached hydrogen (secondary N) is 2. The van der Waals surface area contributed by atoms with Gasteiger partial charge < -0.3 is 19.6 Å². The zero-order valence-corrected chi connectivity index (χ0v) is 20.0. The Bertz CT molecular complexity index is 1430. The molecular weight excluding hydrogens is 508 g/mol. The van der Waals surface area contributed by atoms with Crippen molar-refractivity contribution in [3.05, 3.63) is 65.1 Å². The first-order valence-corrected chi connectivity index (χ1v) is 12.5. The number of fused-ring (bicyclic) bond motifs is 1. The average Bonchev–Trinajstić information content (AvgIpc) is 3.12. The van der Waals surface area contributed by atoms with Gasteiger partial charge in [-0.1, -0.05) is 18.2 Å². The van der Waals surface area contributed by atoms with Crippen molar-refractivity contribution in [2.75, 3.05) is 11.0 Å². The molecule has 1 aliphatic heterocycles. The fraction of sp³-hybridized carbons (Fsp3) is 0.348. The van der Waals surface area contributed by atoms with Crippen molar-refractivity contribution in [2.24, 2.45) is 5.92 Å². The van der Waals surface area contributed by atoms with E-state index in [0.717, 1.165) is 12.3 Å². The van der Waals surface area contributed by atoms with Crippen LogP contribution < -0.4 is 4.72 Å². The third-order valence-corrected chi connectivity index (χ3v) is 6.32. The highest BCUT2D eigenvalue weighted by Gasteiger charge is 2.48. The van der Waals surface area contributed by atoms with Crippen LogP contribution in [0.2, 0.25) is 0 Å². The molecule has 3 N–H and O–H groups in total. The summed E-state index contributed by atoms with van der Waals surface area (Å²) in [5, 5.41) is 11.1. The minimum atomic E-state index is -4.94. The van der Waals surface area contributed by atoms with Gasteiger partial charge in [-0.25, -0.2) is 12.8 Å². The minimum absolute atomic E-state index is 0.0628. The Labute approximate surface area is 203 Å². The highest BCUT2D eigenvalue weighted by Crippen LogP contribution is 2.44. The second-order valence-electron chi connectivity index (χ2n) is 8.92. The summed E-state index contributed by atoms with van der Waals surface area (Å²) in [5.74, 6) is -6.68. The van der Waals surface area contributed by atoms with E-state index >= 15 is 0 Å². The lowest BCUT2D eigenvalue weighted by atomic mass is 9.79. The van der Waals surface area contributed by atoms with E-state index in [4.69, 9.17) is 9.47 Å². The lowest BCUT2D eigenvalue weighted by Crippen LogP contribution is -2.50. The Kier molecular flexibility index (Phi) is 6.30. The molecule has 13 heteroatoms. The highest BCUT2D eigenvalue weighted by molar-refractivity contribution is 7.92. The predicted octanol–water partition coefficient (Wildman–Crippen LogP) is 4.07. The van der Waals surface area contributed by atoms with Crippen LogP contribution in [0.4, 0.5) is 23.2 Å². The Morgan fingerprint density at radius 1 is 1.19 bits per heavy atom. The number of esters is 1. The van der Waals surface area contributed by atoms with Gasteiger partial charge in [0.1, 0.15) is 11.7 Å². The molecule has 3 unspecified atom stereocenters. The van der Waals surface area contributed by atoms with Gasteiger partial charge in [0, 0.05) is 31.3 Å². The highest BCUT2D eigenvalue weighted by atomic mass is 32.2. The number of carbonyl (C=O) groups excluding carboxylic acids is 1. The van der Waals surface area contributed by atoms with Gasteiger partial charge in [0.05, 0.1) is 23.0 Å². The van der Waals surface area contributed by atoms with Gasteiger partial charge in [-0.05, 0) is 29.3 Å². The van der Waals surface area contributed by atoms with Crippen LogP contribution in [-0.2, 0) is 30.5 Å². The number of hydrogen-bond donors (Lipinski definition) is 3. The fourth-order valence-corrected chi connectivity index (χ4v) is 4.94. The van der Waals surface area contributed by atoms with Crippen molar-refractivity contribution in [1.82, 2.24) is 4.98 Å². The summed E-state index contributed by atoms with van der Waals surface area (Å²) in [4.78, 5) is 15.9. The molecule has 3 atom stereocenters. The molecule has 0 aliphatic carbocycles. The maximum absolute atomic E-state index is 14.6. The molecule has 194 valence electrons. The maximum atomic E-state index is 14.6. The average molecular weight is 530 g/mol. The van der Waals surface area contributed by atoms with Gasteiger partial charge in [-0.15, -0.1) is 0 Å². The van der Waals surface area contributed by atoms with E-state index in [-0.39, 0.29) is 16.8 Å². The predicted molar refractivity (Wildman–Crippen MR) is 121 cm³/mol. The zero-order valence-electron chi connectivity index (χ0n) is 19.2. The van der Waals surface area contributed by atoms with E-state index in [9.17, 15) is 35.9 Å². The molecule has 1 aliphatic rings. The molecule has 1 saturated heterocycles. The lowest BCUT2D eigenvalue weighted by Gasteiger charge is -2.40. The number of H-pyrrole nitrogens is 1. The SMILES string of the molecule is CC1(C)OC(=O)C(C(c2ccc(C(F)(F)F)c(F)c2)c2c[nH]c3c(NS(C)(=O)=O)cccc23)C(O)O1. The molecule has 3 aromatic rings. The number of hydrogen-bond acceptors (Lipinski definition) is 6. The molecule has 0 saturated carbocycles. The van der Waals surface area contributed by atoms with Crippen LogP contribution in [0.5, 0.6) is 0 Å². The minimum Gasteiger partial charge on any atom is -0.433 e. The molecule has 0 bridgehead atoms. The Morgan fingerprint density at radius 2 is 1.89 bits per heavy atom. The first kappa shape index (κ1) is 25.9. The summed E-state index contributed by atoms with van der Waals surface area (Å²) in [7, 11) is -3.67. The van der Waals surface area contributed by atoms with E-state index in [1.807, 2.05) is 0 Å². The van der Waals surface area contributed by atoms with Gasteiger partial charge in [0.25, 0.3) is 0 Å². The van der Waals surface area contributed by atoms with Crippen LogP contribution in [0.15, 0.2) is 42.6 Å². The van der Waals surface area contributed by atoms with Gasteiger partial charge >= 0.3 is 12.1 Å². The van der Waals surface area contributed by atoms with E-state index in [2.05, 4.69) is 9.71 Å². The van der Waals surface area contributed by atoms with E-state index < -0.39 is 57.5 Å². The summed E-state index contributed by atoms with van der Waals surface area (Å²) >= 11 is 0. The summed E-state index contributed by atoms with van der Waals surface area (Å²) in [6.45, 7) is 2.79. The lowest BCUT2D eigenvalue weighted by molar-refractivity contribution is -0.316. The molecule has 0 spiro atoms. The van der Waals surface area contributed by atoms with E-state index in [1.165, 1.54) is 32.2 Å². The van der Waals surface area contributed by atoms with Crippen LogP contribution in [0, 0.1) is 11.7 Å². The first-order valence-electron chi connectivity index (χ1n) is 10.6. The summed E-state index contributed by atoms with van der Waals surface area (Å²) in [5.41, 5.74) is -0.816. The Hall–Kier alpha value is -3.16. The van der Waals surface area contributed by atoms with Crippen LogP contribution in [0.25, 0.3) is 10.9 Å². The van der Waals surface area contributed by atoms with Crippen molar-refractivity contribution in [1.29, 1.82) is 0 Å². The molecule has 1 fully saturated rings. The van der Waals surface area contributed by atoms with Crippen LogP contribution in [0.1, 0.15) is 36.5 Å². The van der Waals surface area contributed by atoms with Crippen LogP contribution in [-0.4, -0.2) is 42.8 Å². The number of aliphatic hydroxyl groups is 1. The normalized spacial score (nSPS) is 21.3.